The number of Topliss-reactive ketones (excluding diaryl/α,β-unsaturated/α-hetero) is 2. The summed E-state index contributed by atoms with van der Waals surface area (Å²) in [5, 5.41) is 0.528. The number of esters is 1. The number of aliphatic imine (C=N–C) groups is 1. The normalized spacial score (nSPS) is 21.6. The second-order valence-corrected chi connectivity index (χ2v) is 11.1. The first-order valence-electron chi connectivity index (χ1n) is 12.3. The molecule has 0 aromatic heterocycles. The van der Waals surface area contributed by atoms with Crippen molar-refractivity contribution >= 4 is 40.5 Å². The van der Waals surface area contributed by atoms with Gasteiger partial charge in [0.05, 0.1) is 17.2 Å². The summed E-state index contributed by atoms with van der Waals surface area (Å²) in [5.41, 5.74) is 4.36. The number of halogens is 1. The third kappa shape index (κ3) is 4.04. The third-order valence-corrected chi connectivity index (χ3v) is 7.60. The molecule has 0 N–H and O–H groups in total. The summed E-state index contributed by atoms with van der Waals surface area (Å²) in [5.74, 6) is -1.21. The zero-order valence-corrected chi connectivity index (χ0v) is 21.2. The largest absolute Gasteiger partial charge is 0.423 e. The van der Waals surface area contributed by atoms with Gasteiger partial charge in [-0.15, -0.1) is 0 Å². The van der Waals surface area contributed by atoms with Gasteiger partial charge >= 0.3 is 5.97 Å². The predicted octanol–water partition coefficient (Wildman–Crippen LogP) is 6.71. The Kier molecular flexibility index (Phi) is 5.50. The summed E-state index contributed by atoms with van der Waals surface area (Å²) >= 11 is 5.94. The van der Waals surface area contributed by atoms with Gasteiger partial charge in [0.15, 0.2) is 5.78 Å². The van der Waals surface area contributed by atoms with Gasteiger partial charge in [-0.05, 0) is 53.8 Å². The molecule has 37 heavy (non-hydrogen) atoms. The number of ether oxygens (including phenoxy) is 1. The van der Waals surface area contributed by atoms with Crippen molar-refractivity contribution in [2.45, 2.75) is 32.6 Å². The molecular weight excluding hydrogens is 486 g/mol. The SMILES string of the molecule is CC1(C)CC(=O)C2C(=NC3=C(C(=O)c4ccccc43)[C@@H]2c2cccc(OC(=O)c3ccc(Cl)cc3)c2)C1. The zero-order chi connectivity index (χ0) is 25.9. The first kappa shape index (κ1) is 23.6. The van der Waals surface area contributed by atoms with Crippen molar-refractivity contribution in [1.82, 2.24) is 0 Å². The second kappa shape index (κ2) is 8.63. The van der Waals surface area contributed by atoms with E-state index in [1.54, 1.807) is 42.5 Å². The number of allylic oxidation sites excluding steroid dienone is 1. The molecule has 0 saturated heterocycles. The van der Waals surface area contributed by atoms with Gasteiger partial charge in [-0.25, -0.2) is 4.79 Å². The molecule has 2 atom stereocenters. The van der Waals surface area contributed by atoms with Crippen LogP contribution in [-0.2, 0) is 4.79 Å². The lowest BCUT2D eigenvalue weighted by Gasteiger charge is -2.40. The minimum absolute atomic E-state index is 0.0823. The molecule has 1 unspecified atom stereocenters. The summed E-state index contributed by atoms with van der Waals surface area (Å²) in [6, 6.07) is 21.1. The number of hydrogen-bond donors (Lipinski definition) is 0. The molecule has 0 radical (unpaired) electrons. The van der Waals surface area contributed by atoms with Crippen molar-refractivity contribution in [3.05, 3.63) is 106 Å². The molecule has 6 heteroatoms. The molecule has 3 aromatic rings. The van der Waals surface area contributed by atoms with E-state index in [0.29, 0.717) is 46.0 Å². The second-order valence-electron chi connectivity index (χ2n) is 10.6. The molecule has 6 rings (SSSR count). The predicted molar refractivity (Wildman–Crippen MR) is 142 cm³/mol. The van der Waals surface area contributed by atoms with Crippen LogP contribution in [0.2, 0.25) is 5.02 Å². The number of carbonyl (C=O) groups excluding carboxylic acids is 3. The van der Waals surface area contributed by atoms with E-state index in [4.69, 9.17) is 21.3 Å². The summed E-state index contributed by atoms with van der Waals surface area (Å²) < 4.78 is 5.67. The van der Waals surface area contributed by atoms with Crippen molar-refractivity contribution in [2.24, 2.45) is 16.3 Å². The van der Waals surface area contributed by atoms with E-state index in [-0.39, 0.29) is 17.0 Å². The summed E-state index contributed by atoms with van der Waals surface area (Å²) in [6.45, 7) is 4.15. The highest BCUT2D eigenvalue weighted by Gasteiger charge is 2.50. The van der Waals surface area contributed by atoms with E-state index in [9.17, 15) is 14.4 Å². The summed E-state index contributed by atoms with van der Waals surface area (Å²) in [4.78, 5) is 44.9. The van der Waals surface area contributed by atoms with E-state index in [0.717, 1.165) is 16.8 Å². The Morgan fingerprint density at radius 1 is 0.919 bits per heavy atom. The fourth-order valence-corrected chi connectivity index (χ4v) is 5.93. The molecule has 1 heterocycles. The quantitative estimate of drug-likeness (QED) is 0.290. The number of benzene rings is 3. The van der Waals surface area contributed by atoms with E-state index in [2.05, 4.69) is 13.8 Å². The highest BCUT2D eigenvalue weighted by molar-refractivity contribution is 6.30. The Morgan fingerprint density at radius 3 is 2.41 bits per heavy atom. The standard InChI is InChI=1S/C31H24ClNO4/c1-31(2)15-23-26(24(34)16-31)25(27-28(33-23)21-8-3-4-9-22(21)29(27)35)18-6-5-7-20(14-18)37-30(36)17-10-12-19(32)13-11-17/h3-14,25-26H,15-16H2,1-2H3/t25-,26?/m1/s1. The van der Waals surface area contributed by atoms with Gasteiger partial charge in [-0.3, -0.25) is 14.6 Å². The number of fused-ring (bicyclic) bond motifs is 3. The number of carbonyl (C=O) groups is 3. The van der Waals surface area contributed by atoms with Gasteiger partial charge in [-0.2, -0.15) is 0 Å². The van der Waals surface area contributed by atoms with Crippen LogP contribution in [0.15, 0.2) is 83.4 Å². The van der Waals surface area contributed by atoms with Gasteiger partial charge in [0.2, 0.25) is 0 Å². The van der Waals surface area contributed by atoms with Gasteiger partial charge in [0.1, 0.15) is 11.5 Å². The van der Waals surface area contributed by atoms with Gasteiger partial charge in [0, 0.05) is 39.8 Å². The molecule has 2 aliphatic carbocycles. The van der Waals surface area contributed by atoms with Crippen molar-refractivity contribution in [3.8, 4) is 5.75 Å². The fraction of sp³-hybridized carbons (Fsp3) is 0.226. The lowest BCUT2D eigenvalue weighted by molar-refractivity contribution is -0.124. The molecule has 1 saturated carbocycles. The molecule has 0 amide bonds. The average Bonchev–Trinajstić information content (AvgIpc) is 3.14. The third-order valence-electron chi connectivity index (χ3n) is 7.35. The maximum Gasteiger partial charge on any atom is 0.343 e. The molecule has 3 aliphatic rings. The molecule has 0 spiro atoms. The van der Waals surface area contributed by atoms with Gasteiger partial charge < -0.3 is 4.74 Å². The smallest absolute Gasteiger partial charge is 0.343 e. The Labute approximate surface area is 219 Å². The minimum Gasteiger partial charge on any atom is -0.423 e. The molecule has 0 bridgehead atoms. The van der Waals surface area contributed by atoms with E-state index in [1.165, 1.54) is 0 Å². The van der Waals surface area contributed by atoms with Crippen molar-refractivity contribution in [1.29, 1.82) is 0 Å². The van der Waals surface area contributed by atoms with Crippen LogP contribution in [0, 0.1) is 11.3 Å². The van der Waals surface area contributed by atoms with Crippen LogP contribution in [0.5, 0.6) is 5.75 Å². The van der Waals surface area contributed by atoms with Crippen LogP contribution in [0.3, 0.4) is 0 Å². The maximum atomic E-state index is 13.7. The lowest BCUT2D eigenvalue weighted by atomic mass is 9.63. The number of rotatable bonds is 3. The molecule has 3 aromatic carbocycles. The monoisotopic (exact) mass is 509 g/mol. The first-order chi connectivity index (χ1) is 17.7. The molecular formula is C31H24ClNO4. The van der Waals surface area contributed by atoms with Crippen molar-refractivity contribution in [3.63, 3.8) is 0 Å². The lowest BCUT2D eigenvalue weighted by Crippen LogP contribution is -2.43. The number of ketones is 2. The van der Waals surface area contributed by atoms with Crippen LogP contribution in [0.1, 0.15) is 64.4 Å². The Hall–Kier alpha value is -3.83. The Bertz CT molecular complexity index is 1550. The Balaban J connectivity index is 1.43. The fourth-order valence-electron chi connectivity index (χ4n) is 5.80. The first-order valence-corrected chi connectivity index (χ1v) is 12.7. The molecule has 184 valence electrons. The van der Waals surface area contributed by atoms with Gasteiger partial charge in [0.25, 0.3) is 0 Å². The molecule has 1 fully saturated rings. The molecule has 1 aliphatic heterocycles. The maximum absolute atomic E-state index is 13.7. The topological polar surface area (TPSA) is 72.8 Å². The van der Waals surface area contributed by atoms with Crippen LogP contribution in [0.25, 0.3) is 5.70 Å². The minimum atomic E-state index is -0.521. The summed E-state index contributed by atoms with van der Waals surface area (Å²) in [6.07, 6.45) is 1.10. The van der Waals surface area contributed by atoms with Crippen LogP contribution >= 0.6 is 11.6 Å². The van der Waals surface area contributed by atoms with Crippen LogP contribution in [-0.4, -0.2) is 23.2 Å². The average molecular weight is 510 g/mol. The number of hydrogen-bond acceptors (Lipinski definition) is 5. The van der Waals surface area contributed by atoms with Crippen molar-refractivity contribution in [2.75, 3.05) is 0 Å². The summed E-state index contributed by atoms with van der Waals surface area (Å²) in [7, 11) is 0. The zero-order valence-electron chi connectivity index (χ0n) is 20.5. The van der Waals surface area contributed by atoms with E-state index in [1.807, 2.05) is 30.3 Å². The van der Waals surface area contributed by atoms with Gasteiger partial charge in [-0.1, -0.05) is 61.8 Å². The number of nitrogens with zero attached hydrogens (tertiary/aromatic N) is 1. The van der Waals surface area contributed by atoms with Crippen LogP contribution < -0.4 is 4.74 Å². The molecule has 5 nitrogen and oxygen atoms in total. The Morgan fingerprint density at radius 2 is 1.65 bits per heavy atom. The highest BCUT2D eigenvalue weighted by atomic mass is 35.5. The van der Waals surface area contributed by atoms with E-state index < -0.39 is 17.8 Å². The van der Waals surface area contributed by atoms with Crippen LogP contribution in [0.4, 0.5) is 0 Å². The van der Waals surface area contributed by atoms with Crippen molar-refractivity contribution < 1.29 is 19.1 Å². The highest BCUT2D eigenvalue weighted by Crippen LogP contribution is 2.52. The van der Waals surface area contributed by atoms with E-state index >= 15 is 0 Å².